The van der Waals surface area contributed by atoms with Crippen LogP contribution in [0.25, 0.3) is 0 Å². The first kappa shape index (κ1) is 11.3. The Hall–Kier alpha value is -1.22. The lowest BCUT2D eigenvalue weighted by atomic mass is 9.78. The topological polar surface area (TPSA) is 44.5 Å². The van der Waals surface area contributed by atoms with E-state index in [0.29, 0.717) is 12.5 Å². The molecule has 1 aliphatic heterocycles. The van der Waals surface area contributed by atoms with Crippen molar-refractivity contribution in [2.45, 2.75) is 31.7 Å². The SMILES string of the molecule is CC[C@H]1c2cc(OC)ccc2OC[C@@]1(C)N. The van der Waals surface area contributed by atoms with E-state index in [0.717, 1.165) is 23.5 Å². The van der Waals surface area contributed by atoms with Crippen molar-refractivity contribution in [3.63, 3.8) is 0 Å². The summed E-state index contributed by atoms with van der Waals surface area (Å²) >= 11 is 0. The van der Waals surface area contributed by atoms with Crippen LogP contribution in [0, 0.1) is 0 Å². The van der Waals surface area contributed by atoms with Gasteiger partial charge in [-0.25, -0.2) is 0 Å². The summed E-state index contributed by atoms with van der Waals surface area (Å²) in [5, 5.41) is 0. The standard InChI is InChI=1S/C13H19NO2/c1-4-11-10-7-9(15-3)5-6-12(10)16-8-13(11,2)14/h5-7,11H,4,8,14H2,1-3H3/t11-,13+/m0/s1. The molecule has 1 aliphatic rings. The first-order valence-corrected chi connectivity index (χ1v) is 5.68. The molecule has 0 amide bonds. The zero-order chi connectivity index (χ0) is 11.8. The summed E-state index contributed by atoms with van der Waals surface area (Å²) in [6.45, 7) is 4.78. The molecule has 0 unspecified atom stereocenters. The zero-order valence-electron chi connectivity index (χ0n) is 10.1. The minimum atomic E-state index is -0.298. The van der Waals surface area contributed by atoms with Crippen molar-refractivity contribution in [2.24, 2.45) is 5.73 Å². The van der Waals surface area contributed by atoms with E-state index in [1.54, 1.807) is 7.11 Å². The van der Waals surface area contributed by atoms with Gasteiger partial charge in [0.05, 0.1) is 12.6 Å². The van der Waals surface area contributed by atoms with Gasteiger partial charge in [-0.1, -0.05) is 6.92 Å². The molecular weight excluding hydrogens is 202 g/mol. The highest BCUT2D eigenvalue weighted by Crippen LogP contribution is 2.41. The van der Waals surface area contributed by atoms with Crippen molar-refractivity contribution in [1.82, 2.24) is 0 Å². The molecule has 2 rings (SSSR count). The van der Waals surface area contributed by atoms with Gasteiger partial charge in [0, 0.05) is 11.5 Å². The van der Waals surface area contributed by atoms with Crippen LogP contribution < -0.4 is 15.2 Å². The van der Waals surface area contributed by atoms with Gasteiger partial charge >= 0.3 is 0 Å². The van der Waals surface area contributed by atoms with E-state index in [4.69, 9.17) is 15.2 Å². The quantitative estimate of drug-likeness (QED) is 0.833. The maximum Gasteiger partial charge on any atom is 0.123 e. The maximum absolute atomic E-state index is 6.27. The molecule has 88 valence electrons. The van der Waals surface area contributed by atoms with Gasteiger partial charge in [0.15, 0.2) is 0 Å². The predicted molar refractivity (Wildman–Crippen MR) is 64.1 cm³/mol. The Bertz CT molecular complexity index is 388. The summed E-state index contributed by atoms with van der Waals surface area (Å²) in [5.74, 6) is 2.13. The number of hydrogen-bond acceptors (Lipinski definition) is 3. The molecule has 1 heterocycles. The van der Waals surface area contributed by atoms with E-state index in [2.05, 4.69) is 6.92 Å². The van der Waals surface area contributed by atoms with Gasteiger partial charge in [0.1, 0.15) is 18.1 Å². The number of fused-ring (bicyclic) bond motifs is 1. The van der Waals surface area contributed by atoms with Gasteiger partial charge in [-0.2, -0.15) is 0 Å². The normalized spacial score (nSPS) is 28.1. The Labute approximate surface area is 96.5 Å². The monoisotopic (exact) mass is 221 g/mol. The molecule has 0 radical (unpaired) electrons. The fourth-order valence-corrected chi connectivity index (χ4v) is 2.43. The van der Waals surface area contributed by atoms with Crippen LogP contribution in [-0.4, -0.2) is 19.3 Å². The molecule has 0 aromatic heterocycles. The number of ether oxygens (including phenoxy) is 2. The Balaban J connectivity index is 2.46. The molecule has 1 aromatic rings. The van der Waals surface area contributed by atoms with Crippen LogP contribution in [0.3, 0.4) is 0 Å². The second-order valence-corrected chi connectivity index (χ2v) is 4.66. The Morgan fingerprint density at radius 3 is 2.94 bits per heavy atom. The molecule has 3 nitrogen and oxygen atoms in total. The average Bonchev–Trinajstić information content (AvgIpc) is 2.27. The summed E-state index contributed by atoms with van der Waals surface area (Å²) < 4.78 is 10.9. The largest absolute Gasteiger partial charge is 0.497 e. The van der Waals surface area contributed by atoms with Crippen LogP contribution in [0.2, 0.25) is 0 Å². The highest BCUT2D eigenvalue weighted by molar-refractivity contribution is 5.45. The Kier molecular flexibility index (Phi) is 2.80. The van der Waals surface area contributed by atoms with Crippen LogP contribution in [-0.2, 0) is 0 Å². The predicted octanol–water partition coefficient (Wildman–Crippen LogP) is 2.30. The Morgan fingerprint density at radius 2 is 2.31 bits per heavy atom. The van der Waals surface area contributed by atoms with Crippen LogP contribution in [0.4, 0.5) is 0 Å². The van der Waals surface area contributed by atoms with Crippen molar-refractivity contribution in [3.8, 4) is 11.5 Å². The van der Waals surface area contributed by atoms with Crippen LogP contribution in [0.1, 0.15) is 31.7 Å². The molecule has 0 saturated heterocycles. The number of hydrogen-bond donors (Lipinski definition) is 1. The fraction of sp³-hybridized carbons (Fsp3) is 0.538. The zero-order valence-corrected chi connectivity index (χ0v) is 10.1. The Morgan fingerprint density at radius 1 is 1.56 bits per heavy atom. The van der Waals surface area contributed by atoms with Gasteiger partial charge in [-0.3, -0.25) is 0 Å². The number of nitrogens with two attached hydrogens (primary N) is 1. The van der Waals surface area contributed by atoms with Crippen molar-refractivity contribution < 1.29 is 9.47 Å². The van der Waals surface area contributed by atoms with Crippen LogP contribution in [0.15, 0.2) is 18.2 Å². The first-order chi connectivity index (χ1) is 7.58. The third-order valence-corrected chi connectivity index (χ3v) is 3.34. The fourth-order valence-electron chi connectivity index (χ4n) is 2.43. The molecule has 0 bridgehead atoms. The molecule has 16 heavy (non-hydrogen) atoms. The molecule has 3 heteroatoms. The van der Waals surface area contributed by atoms with E-state index < -0.39 is 0 Å². The minimum Gasteiger partial charge on any atom is -0.497 e. The number of methoxy groups -OCH3 is 1. The first-order valence-electron chi connectivity index (χ1n) is 5.68. The van der Waals surface area contributed by atoms with Crippen LogP contribution in [0.5, 0.6) is 11.5 Å². The van der Waals surface area contributed by atoms with Crippen molar-refractivity contribution in [2.75, 3.05) is 13.7 Å². The smallest absolute Gasteiger partial charge is 0.123 e. The lowest BCUT2D eigenvalue weighted by Gasteiger charge is -2.39. The molecule has 2 atom stereocenters. The van der Waals surface area contributed by atoms with Gasteiger partial charge in [0.25, 0.3) is 0 Å². The number of benzene rings is 1. The minimum absolute atomic E-state index is 0.298. The molecule has 0 fully saturated rings. The molecule has 0 spiro atoms. The van der Waals surface area contributed by atoms with E-state index in [9.17, 15) is 0 Å². The lowest BCUT2D eigenvalue weighted by molar-refractivity contribution is 0.170. The summed E-state index contributed by atoms with van der Waals surface area (Å²) in [6.07, 6.45) is 1.01. The lowest BCUT2D eigenvalue weighted by Crippen LogP contribution is -2.50. The molecule has 0 aliphatic carbocycles. The highest BCUT2D eigenvalue weighted by atomic mass is 16.5. The molecule has 2 N–H and O–H groups in total. The molecular formula is C13H19NO2. The van der Waals surface area contributed by atoms with Gasteiger partial charge < -0.3 is 15.2 Å². The van der Waals surface area contributed by atoms with E-state index in [1.807, 2.05) is 25.1 Å². The van der Waals surface area contributed by atoms with Gasteiger partial charge in [-0.05, 0) is 31.5 Å². The molecule has 1 aromatic carbocycles. The van der Waals surface area contributed by atoms with E-state index >= 15 is 0 Å². The summed E-state index contributed by atoms with van der Waals surface area (Å²) in [5.41, 5.74) is 7.14. The third-order valence-electron chi connectivity index (χ3n) is 3.34. The summed E-state index contributed by atoms with van der Waals surface area (Å²) in [7, 11) is 1.67. The maximum atomic E-state index is 6.27. The van der Waals surface area contributed by atoms with E-state index in [-0.39, 0.29) is 5.54 Å². The summed E-state index contributed by atoms with van der Waals surface area (Å²) in [6, 6.07) is 5.92. The van der Waals surface area contributed by atoms with Crippen molar-refractivity contribution in [3.05, 3.63) is 23.8 Å². The van der Waals surface area contributed by atoms with Crippen molar-refractivity contribution >= 4 is 0 Å². The highest BCUT2D eigenvalue weighted by Gasteiger charge is 2.36. The van der Waals surface area contributed by atoms with Crippen LogP contribution >= 0.6 is 0 Å². The van der Waals surface area contributed by atoms with Crippen molar-refractivity contribution in [1.29, 1.82) is 0 Å². The average molecular weight is 221 g/mol. The second-order valence-electron chi connectivity index (χ2n) is 4.66. The molecule has 0 saturated carbocycles. The number of rotatable bonds is 2. The summed E-state index contributed by atoms with van der Waals surface area (Å²) in [4.78, 5) is 0. The van der Waals surface area contributed by atoms with E-state index in [1.165, 1.54) is 0 Å². The second kappa shape index (κ2) is 3.98. The third kappa shape index (κ3) is 1.76. The van der Waals surface area contributed by atoms with Gasteiger partial charge in [-0.15, -0.1) is 0 Å². The van der Waals surface area contributed by atoms with Gasteiger partial charge in [0.2, 0.25) is 0 Å².